The molecule has 0 unspecified atom stereocenters. The third-order valence-corrected chi connectivity index (χ3v) is 6.31. The van der Waals surface area contributed by atoms with Gasteiger partial charge in [-0.25, -0.2) is 8.42 Å². The van der Waals surface area contributed by atoms with Gasteiger partial charge < -0.3 is 4.52 Å². The minimum absolute atomic E-state index is 0.0590. The Labute approximate surface area is 161 Å². The van der Waals surface area contributed by atoms with Gasteiger partial charge in [-0.05, 0) is 18.2 Å². The van der Waals surface area contributed by atoms with Crippen LogP contribution in [0, 0.1) is 0 Å². The zero-order valence-electron chi connectivity index (χ0n) is 13.8. The van der Waals surface area contributed by atoms with Gasteiger partial charge in [0.15, 0.2) is 0 Å². The molecule has 0 N–H and O–H groups in total. The van der Waals surface area contributed by atoms with E-state index in [1.807, 2.05) is 30.3 Å². The molecule has 0 saturated carbocycles. The van der Waals surface area contributed by atoms with E-state index in [1.54, 1.807) is 6.92 Å². The van der Waals surface area contributed by atoms with Gasteiger partial charge in [0, 0.05) is 17.1 Å². The summed E-state index contributed by atoms with van der Waals surface area (Å²) in [4.78, 5) is 4.21. The molecule has 136 valence electrons. The van der Waals surface area contributed by atoms with Crippen LogP contribution < -0.4 is 0 Å². The van der Waals surface area contributed by atoms with E-state index in [2.05, 4.69) is 10.1 Å². The number of nitrogens with zero attached hydrogens (tertiary/aromatic N) is 3. The molecule has 1 heterocycles. The van der Waals surface area contributed by atoms with Crippen molar-refractivity contribution in [3.63, 3.8) is 0 Å². The third-order valence-electron chi connectivity index (χ3n) is 3.68. The second-order valence-electron chi connectivity index (χ2n) is 5.38. The van der Waals surface area contributed by atoms with Crippen molar-refractivity contribution in [2.75, 3.05) is 6.54 Å². The van der Waals surface area contributed by atoms with E-state index < -0.39 is 10.0 Å². The first-order valence-corrected chi connectivity index (χ1v) is 9.94. The molecular weight excluding hydrogens is 397 g/mol. The zero-order chi connectivity index (χ0) is 18.7. The lowest BCUT2D eigenvalue weighted by molar-refractivity contribution is 0.321. The molecule has 0 saturated heterocycles. The number of benzene rings is 2. The molecule has 3 rings (SSSR count). The minimum atomic E-state index is -3.87. The minimum Gasteiger partial charge on any atom is -0.338 e. The van der Waals surface area contributed by atoms with Crippen LogP contribution in [0.2, 0.25) is 10.0 Å². The van der Waals surface area contributed by atoms with Crippen LogP contribution in [-0.4, -0.2) is 29.4 Å². The second-order valence-corrected chi connectivity index (χ2v) is 8.13. The lowest BCUT2D eigenvalue weighted by atomic mass is 10.2. The van der Waals surface area contributed by atoms with Crippen molar-refractivity contribution in [1.29, 1.82) is 0 Å². The summed E-state index contributed by atoms with van der Waals surface area (Å²) in [5.41, 5.74) is 0.784. The summed E-state index contributed by atoms with van der Waals surface area (Å²) in [5, 5.41) is 4.29. The molecule has 0 aliphatic heterocycles. The first-order valence-electron chi connectivity index (χ1n) is 7.75. The summed E-state index contributed by atoms with van der Waals surface area (Å²) in [7, 11) is -3.87. The maximum atomic E-state index is 12.9. The fraction of sp³-hybridized carbons (Fsp3) is 0.176. The van der Waals surface area contributed by atoms with Gasteiger partial charge in [-0.15, -0.1) is 0 Å². The molecule has 26 heavy (non-hydrogen) atoms. The van der Waals surface area contributed by atoms with E-state index >= 15 is 0 Å². The largest absolute Gasteiger partial charge is 0.338 e. The van der Waals surface area contributed by atoms with E-state index in [4.69, 9.17) is 27.7 Å². The molecule has 0 bridgehead atoms. The van der Waals surface area contributed by atoms with E-state index in [1.165, 1.54) is 22.5 Å². The van der Waals surface area contributed by atoms with Crippen LogP contribution in [-0.2, 0) is 16.6 Å². The predicted octanol–water partition coefficient (Wildman–Crippen LogP) is 4.25. The van der Waals surface area contributed by atoms with Gasteiger partial charge in [-0.1, -0.05) is 65.6 Å². The fourth-order valence-electron chi connectivity index (χ4n) is 2.36. The number of hydrogen-bond acceptors (Lipinski definition) is 5. The molecule has 6 nitrogen and oxygen atoms in total. The number of rotatable bonds is 6. The Bertz CT molecular complexity index is 1010. The number of aromatic nitrogens is 2. The van der Waals surface area contributed by atoms with Crippen LogP contribution in [0.15, 0.2) is 57.9 Å². The second kappa shape index (κ2) is 7.75. The lowest BCUT2D eigenvalue weighted by Crippen LogP contribution is -2.30. The summed E-state index contributed by atoms with van der Waals surface area (Å²) in [6.07, 6.45) is 0. The highest BCUT2D eigenvalue weighted by Crippen LogP contribution is 2.28. The van der Waals surface area contributed by atoms with Gasteiger partial charge in [0.05, 0.1) is 11.6 Å². The molecule has 0 aliphatic rings. The van der Waals surface area contributed by atoms with E-state index in [-0.39, 0.29) is 33.9 Å². The van der Waals surface area contributed by atoms with Crippen LogP contribution in [0.4, 0.5) is 0 Å². The van der Waals surface area contributed by atoms with Gasteiger partial charge >= 0.3 is 0 Å². The topological polar surface area (TPSA) is 76.3 Å². The summed E-state index contributed by atoms with van der Waals surface area (Å²) in [5.74, 6) is 0.585. The zero-order valence-corrected chi connectivity index (χ0v) is 16.1. The molecule has 0 radical (unpaired) electrons. The van der Waals surface area contributed by atoms with Gasteiger partial charge in [-0.2, -0.15) is 9.29 Å². The van der Waals surface area contributed by atoms with Gasteiger partial charge in [0.25, 0.3) is 0 Å². The lowest BCUT2D eigenvalue weighted by Gasteiger charge is -2.19. The highest BCUT2D eigenvalue weighted by molar-refractivity contribution is 7.89. The van der Waals surface area contributed by atoms with Gasteiger partial charge in [-0.3, -0.25) is 0 Å². The molecule has 0 fully saturated rings. The number of halogens is 2. The predicted molar refractivity (Wildman–Crippen MR) is 99.5 cm³/mol. The van der Waals surface area contributed by atoms with Crippen molar-refractivity contribution in [1.82, 2.24) is 14.4 Å². The summed E-state index contributed by atoms with van der Waals surface area (Å²) in [6, 6.07) is 13.6. The summed E-state index contributed by atoms with van der Waals surface area (Å²) >= 11 is 12.0. The van der Waals surface area contributed by atoms with Crippen molar-refractivity contribution < 1.29 is 12.9 Å². The normalized spacial score (nSPS) is 11.8. The highest BCUT2D eigenvalue weighted by Gasteiger charge is 2.28. The Morgan fingerprint density at radius 3 is 2.54 bits per heavy atom. The van der Waals surface area contributed by atoms with Crippen molar-refractivity contribution in [3.8, 4) is 11.4 Å². The van der Waals surface area contributed by atoms with Crippen molar-refractivity contribution in [3.05, 3.63) is 64.5 Å². The van der Waals surface area contributed by atoms with Crippen molar-refractivity contribution >= 4 is 33.2 Å². The molecule has 0 amide bonds. The average molecular weight is 412 g/mol. The van der Waals surface area contributed by atoms with E-state index in [0.717, 1.165) is 5.56 Å². The van der Waals surface area contributed by atoms with E-state index in [9.17, 15) is 8.42 Å². The van der Waals surface area contributed by atoms with Crippen LogP contribution in [0.5, 0.6) is 0 Å². The Hall–Kier alpha value is -1.93. The molecule has 1 aromatic heterocycles. The van der Waals surface area contributed by atoms with Crippen molar-refractivity contribution in [2.45, 2.75) is 18.4 Å². The molecule has 0 spiro atoms. The van der Waals surface area contributed by atoms with E-state index in [0.29, 0.717) is 5.82 Å². The number of sulfonamides is 1. The first kappa shape index (κ1) is 18.8. The summed E-state index contributed by atoms with van der Waals surface area (Å²) in [6.45, 7) is 1.85. The highest BCUT2D eigenvalue weighted by atomic mass is 35.5. The Balaban J connectivity index is 1.88. The standard InChI is InChI=1S/C17H15Cl2N3O3S/c1-2-22(26(23,24)15-10-13(18)8-9-14(15)19)11-16-20-17(21-25-16)12-6-4-3-5-7-12/h3-10H,2,11H2,1H3. The van der Waals surface area contributed by atoms with Gasteiger partial charge in [0.2, 0.25) is 21.7 Å². The molecule has 0 aliphatic carbocycles. The average Bonchev–Trinajstić information content (AvgIpc) is 3.11. The molecule has 3 aromatic rings. The number of hydrogen-bond donors (Lipinski definition) is 0. The quantitative estimate of drug-likeness (QED) is 0.605. The van der Waals surface area contributed by atoms with Crippen LogP contribution in [0.3, 0.4) is 0 Å². The Morgan fingerprint density at radius 2 is 1.85 bits per heavy atom. The third kappa shape index (κ3) is 3.91. The Morgan fingerprint density at radius 1 is 1.12 bits per heavy atom. The summed E-state index contributed by atoms with van der Waals surface area (Å²) < 4.78 is 32.2. The molecule has 9 heteroatoms. The first-order chi connectivity index (χ1) is 12.4. The maximum Gasteiger partial charge on any atom is 0.245 e. The molecule has 2 aromatic carbocycles. The van der Waals surface area contributed by atoms with Crippen molar-refractivity contribution in [2.24, 2.45) is 0 Å². The SMILES string of the molecule is CCN(Cc1nc(-c2ccccc2)no1)S(=O)(=O)c1cc(Cl)ccc1Cl. The fourth-order valence-corrected chi connectivity index (χ4v) is 4.49. The maximum absolute atomic E-state index is 12.9. The van der Waals surface area contributed by atoms with Crippen LogP contribution >= 0.6 is 23.2 Å². The molecular formula is C17H15Cl2N3O3S. The smallest absolute Gasteiger partial charge is 0.245 e. The van der Waals surface area contributed by atoms with Crippen LogP contribution in [0.25, 0.3) is 11.4 Å². The monoisotopic (exact) mass is 411 g/mol. The van der Waals surface area contributed by atoms with Crippen LogP contribution in [0.1, 0.15) is 12.8 Å². The molecule has 0 atom stereocenters. The van der Waals surface area contributed by atoms with Gasteiger partial charge in [0.1, 0.15) is 4.90 Å². The Kier molecular flexibility index (Phi) is 5.62.